The Morgan fingerprint density at radius 3 is 1.32 bits per heavy atom. The van der Waals surface area contributed by atoms with Gasteiger partial charge in [0.25, 0.3) is 0 Å². The number of nitrogens with one attached hydrogen (secondary N) is 2. The van der Waals surface area contributed by atoms with Crippen molar-refractivity contribution in [2.45, 2.75) is 43.4 Å². The summed E-state index contributed by atoms with van der Waals surface area (Å²) in [5.74, 6) is -4.01. The standard InChI is InChI=1S/C24H24N2O7.3Na.2H2O/c27-15-19(11-17-7-3-1-4-8-17)25-21(29)13-24(33,23(31)32)14-22(30)26-20(16-28)12-18-9-5-2-6-10-18;;;;;/h1-10,19-20,33H,11-14H2,(H,25,29)(H,26,30)(H,31,32);;;;2*1H2/q-2;3*+1;;/p-3. The van der Waals surface area contributed by atoms with Crippen LogP contribution in [0.4, 0.5) is 0 Å². The van der Waals surface area contributed by atoms with Crippen molar-refractivity contribution < 1.29 is 134 Å². The molecule has 2 rings (SSSR count). The molecule has 190 valence electrons. The fourth-order valence-corrected chi connectivity index (χ4v) is 3.17. The fraction of sp³-hybridized carbons (Fsp3) is 0.292. The molecule has 0 fully saturated rings. The van der Waals surface area contributed by atoms with Gasteiger partial charge in [-0.1, -0.05) is 72.7 Å². The van der Waals surface area contributed by atoms with Gasteiger partial charge in [-0.3, -0.25) is 9.59 Å². The normalized spacial score (nSPS) is 12.3. The fourth-order valence-electron chi connectivity index (χ4n) is 3.17. The number of hydrogen-bond acceptors (Lipinski definition) is 9. The first-order chi connectivity index (χ1) is 15.8. The van der Waals surface area contributed by atoms with Crippen LogP contribution in [0.2, 0.25) is 0 Å². The third kappa shape index (κ3) is 15.6. The van der Waals surface area contributed by atoms with Gasteiger partial charge in [0.15, 0.2) is 0 Å². The van der Waals surface area contributed by atoms with Gasteiger partial charge in [0.05, 0.1) is 18.8 Å². The number of carbonyl (C=O) groups is 3. The summed E-state index contributed by atoms with van der Waals surface area (Å²) >= 11 is 0. The molecule has 2 aromatic carbocycles. The smallest absolute Gasteiger partial charge is 0.870 e. The van der Waals surface area contributed by atoms with Crippen LogP contribution >= 0.6 is 0 Å². The topological polar surface area (TPSA) is 213 Å². The van der Waals surface area contributed by atoms with Gasteiger partial charge in [0, 0.05) is 0 Å². The number of rotatable bonds is 13. The van der Waals surface area contributed by atoms with Crippen LogP contribution in [0.5, 0.6) is 0 Å². The average molecular weight is 554 g/mol. The SMILES string of the molecule is O=[C-]C(Cc1ccccc1)NC(=O)CC(O)(CC(=O)NC([C-]=O)Cc1ccccc1)C(=O)[O-].[Na+].[Na+].[Na+].[OH-].[OH-]. The molecule has 0 bridgehead atoms. The van der Waals surface area contributed by atoms with E-state index in [1.165, 1.54) is 0 Å². The van der Waals surface area contributed by atoms with Crippen molar-refractivity contribution in [2.75, 3.05) is 0 Å². The zero-order valence-corrected chi connectivity index (χ0v) is 27.5. The maximum absolute atomic E-state index is 12.3. The maximum Gasteiger partial charge on any atom is 1.00 e. The molecular weight excluding hydrogens is 529 g/mol. The van der Waals surface area contributed by atoms with Gasteiger partial charge in [-0.05, 0) is 24.0 Å². The monoisotopic (exact) mass is 554 g/mol. The quantitative estimate of drug-likeness (QED) is 0.158. The Bertz CT molecular complexity index is 913. The van der Waals surface area contributed by atoms with Crippen LogP contribution in [0.1, 0.15) is 24.0 Å². The number of amides is 2. The van der Waals surface area contributed by atoms with Gasteiger partial charge in [0.2, 0.25) is 11.8 Å². The molecule has 2 unspecified atom stereocenters. The van der Waals surface area contributed by atoms with Gasteiger partial charge in [0.1, 0.15) is 5.60 Å². The predicted octanol–water partition coefficient (Wildman–Crippen LogP) is -10.4. The van der Waals surface area contributed by atoms with E-state index in [2.05, 4.69) is 10.6 Å². The van der Waals surface area contributed by atoms with Crippen molar-refractivity contribution in [1.82, 2.24) is 10.6 Å². The number of carbonyl (C=O) groups excluding carboxylic acids is 5. The van der Waals surface area contributed by atoms with E-state index in [4.69, 9.17) is 0 Å². The Morgan fingerprint density at radius 1 is 0.737 bits per heavy atom. The van der Waals surface area contributed by atoms with Crippen LogP contribution in [0, 0.1) is 0 Å². The minimum atomic E-state index is -2.85. The maximum atomic E-state index is 12.3. The van der Waals surface area contributed by atoms with Crippen molar-refractivity contribution in [3.8, 4) is 0 Å². The van der Waals surface area contributed by atoms with E-state index < -0.39 is 48.3 Å². The molecule has 5 N–H and O–H groups in total. The van der Waals surface area contributed by atoms with E-state index in [1.807, 2.05) is 0 Å². The molecule has 0 saturated carbocycles. The zero-order chi connectivity index (χ0) is 24.3. The molecule has 38 heavy (non-hydrogen) atoms. The number of carboxylic acid groups (broad SMARTS) is 1. The molecule has 0 radical (unpaired) electrons. The number of hydrogen-bond donors (Lipinski definition) is 3. The Labute approximate surface area is 287 Å². The van der Waals surface area contributed by atoms with Crippen LogP contribution in [-0.2, 0) is 36.8 Å². The minimum absolute atomic E-state index is 0. The van der Waals surface area contributed by atoms with E-state index in [0.717, 1.165) is 11.1 Å². The Balaban J connectivity index is -0.00000116. The molecule has 2 aromatic rings. The zero-order valence-electron chi connectivity index (χ0n) is 21.5. The molecule has 14 heteroatoms. The summed E-state index contributed by atoms with van der Waals surface area (Å²) in [4.78, 5) is 58.5. The second kappa shape index (κ2) is 22.8. The summed E-state index contributed by atoms with van der Waals surface area (Å²) in [6, 6.07) is 15.3. The van der Waals surface area contributed by atoms with Gasteiger partial charge in [-0.2, -0.15) is 0 Å². The van der Waals surface area contributed by atoms with Gasteiger partial charge >= 0.3 is 88.7 Å². The first-order valence-corrected chi connectivity index (χ1v) is 10.1. The van der Waals surface area contributed by atoms with Crippen molar-refractivity contribution >= 4 is 30.4 Å². The van der Waals surface area contributed by atoms with E-state index in [1.54, 1.807) is 73.2 Å². The van der Waals surface area contributed by atoms with Crippen LogP contribution in [0.25, 0.3) is 0 Å². The third-order valence-electron chi connectivity index (χ3n) is 4.81. The second-order valence-corrected chi connectivity index (χ2v) is 7.53. The number of aliphatic carboxylic acids is 1. The van der Waals surface area contributed by atoms with Crippen molar-refractivity contribution in [1.29, 1.82) is 0 Å². The molecule has 0 heterocycles. The van der Waals surface area contributed by atoms with Crippen molar-refractivity contribution in [2.24, 2.45) is 0 Å². The van der Waals surface area contributed by atoms with Gasteiger partial charge in [-0.25, -0.2) is 12.6 Å². The molecule has 0 aliphatic heterocycles. The Morgan fingerprint density at radius 2 is 1.05 bits per heavy atom. The van der Waals surface area contributed by atoms with Crippen molar-refractivity contribution in [3.05, 3.63) is 71.8 Å². The Kier molecular flexibility index (Phi) is 26.5. The molecule has 2 atom stereocenters. The van der Waals surface area contributed by atoms with Gasteiger partial charge in [-0.15, -0.1) is 0 Å². The minimum Gasteiger partial charge on any atom is -0.870 e. The van der Waals surface area contributed by atoms with Crippen LogP contribution in [0.15, 0.2) is 60.7 Å². The van der Waals surface area contributed by atoms with Crippen LogP contribution in [-0.4, -0.2) is 64.1 Å². The van der Waals surface area contributed by atoms with Crippen LogP contribution in [0.3, 0.4) is 0 Å². The number of carboxylic acids is 1. The summed E-state index contributed by atoms with van der Waals surface area (Å²) in [5, 5.41) is 26.5. The van der Waals surface area contributed by atoms with E-state index in [-0.39, 0.29) is 112 Å². The van der Waals surface area contributed by atoms with Gasteiger partial charge < -0.3 is 46.2 Å². The molecule has 2 amide bonds. The van der Waals surface area contributed by atoms with Crippen molar-refractivity contribution in [3.63, 3.8) is 0 Å². The summed E-state index contributed by atoms with van der Waals surface area (Å²) in [6.45, 7) is 0. The largest absolute Gasteiger partial charge is 1.00 e. The summed E-state index contributed by atoms with van der Waals surface area (Å²) < 4.78 is 0. The van der Waals surface area contributed by atoms with E-state index in [9.17, 15) is 34.2 Å². The summed E-state index contributed by atoms with van der Waals surface area (Å²) in [7, 11) is 0. The number of aliphatic hydroxyl groups is 1. The molecule has 0 aliphatic carbocycles. The molecule has 0 saturated heterocycles. The van der Waals surface area contributed by atoms with E-state index >= 15 is 0 Å². The molecule has 0 spiro atoms. The summed E-state index contributed by atoms with van der Waals surface area (Å²) in [6.07, 6.45) is 1.43. The molecule has 11 nitrogen and oxygen atoms in total. The molecular formula is C24H25N2Na3O9-2. The second-order valence-electron chi connectivity index (χ2n) is 7.53. The van der Waals surface area contributed by atoms with E-state index in [0.29, 0.717) is 0 Å². The first-order valence-electron chi connectivity index (χ1n) is 10.1. The van der Waals surface area contributed by atoms with Crippen LogP contribution < -0.4 is 104 Å². The first kappa shape index (κ1) is 44.1. The average Bonchev–Trinajstić information content (AvgIpc) is 2.79. The number of benzene rings is 2. The third-order valence-corrected chi connectivity index (χ3v) is 4.81. The molecule has 0 aromatic heterocycles. The molecule has 0 aliphatic rings. The Hall–Kier alpha value is -0.930. The summed E-state index contributed by atoms with van der Waals surface area (Å²) in [5.41, 5.74) is -1.39. The predicted molar refractivity (Wildman–Crippen MR) is 119 cm³/mol.